The van der Waals surface area contributed by atoms with Crippen LogP contribution in [-0.2, 0) is 14.4 Å². The van der Waals surface area contributed by atoms with E-state index in [1.807, 2.05) is 62.4 Å². The van der Waals surface area contributed by atoms with Gasteiger partial charge in [0, 0.05) is 17.3 Å². The normalized spacial score (nSPS) is 13.9. The number of carbonyl (C=O) groups excluding carboxylic acids is 3. The van der Waals surface area contributed by atoms with Gasteiger partial charge in [-0.25, -0.2) is 0 Å². The van der Waals surface area contributed by atoms with Crippen LogP contribution in [0.25, 0.3) is 0 Å². The second-order valence-electron chi connectivity index (χ2n) is 7.59. The highest BCUT2D eigenvalue weighted by Gasteiger charge is 2.29. The first-order valence-corrected chi connectivity index (χ1v) is 11.2. The zero-order valence-electron chi connectivity index (χ0n) is 17.2. The van der Waals surface area contributed by atoms with Crippen molar-refractivity contribution in [1.82, 2.24) is 5.32 Å². The van der Waals surface area contributed by atoms with E-state index in [1.165, 1.54) is 11.8 Å². The van der Waals surface area contributed by atoms with E-state index in [-0.39, 0.29) is 41.2 Å². The topological polar surface area (TPSA) is 87.3 Å². The minimum Gasteiger partial charge on any atom is -0.349 e. The van der Waals surface area contributed by atoms with E-state index in [0.717, 1.165) is 35.3 Å². The third-order valence-electron chi connectivity index (χ3n) is 4.77. The molecule has 0 heterocycles. The number of aryl methyl sites for hydroxylation is 1. The molecule has 3 amide bonds. The predicted molar refractivity (Wildman–Crippen MR) is 121 cm³/mol. The van der Waals surface area contributed by atoms with Crippen LogP contribution in [0.3, 0.4) is 0 Å². The number of thioether (sulfide) groups is 1. The number of amides is 3. The quantitative estimate of drug-likeness (QED) is 0.569. The number of hydrogen-bond acceptors (Lipinski definition) is 4. The van der Waals surface area contributed by atoms with Crippen LogP contribution in [0.2, 0.25) is 0 Å². The molecule has 1 fully saturated rings. The fourth-order valence-corrected chi connectivity index (χ4v) is 3.60. The second-order valence-corrected chi connectivity index (χ2v) is 8.57. The number of anilines is 2. The van der Waals surface area contributed by atoms with Gasteiger partial charge in [0.1, 0.15) is 0 Å². The Morgan fingerprint density at radius 3 is 2.33 bits per heavy atom. The molecule has 1 saturated carbocycles. The van der Waals surface area contributed by atoms with Crippen LogP contribution in [0.4, 0.5) is 11.4 Å². The molecule has 0 aliphatic heterocycles. The molecule has 2 aromatic rings. The molecule has 158 valence electrons. The first-order valence-electron chi connectivity index (χ1n) is 10.0. The fourth-order valence-electron chi connectivity index (χ4n) is 2.97. The Balaban J connectivity index is 1.37. The van der Waals surface area contributed by atoms with Crippen molar-refractivity contribution in [1.29, 1.82) is 0 Å². The first-order chi connectivity index (χ1) is 14.4. The Morgan fingerprint density at radius 2 is 1.67 bits per heavy atom. The lowest BCUT2D eigenvalue weighted by Gasteiger charge is -2.15. The maximum atomic E-state index is 12.2. The molecule has 0 aromatic heterocycles. The summed E-state index contributed by atoms with van der Waals surface area (Å²) in [7, 11) is 0. The molecule has 30 heavy (non-hydrogen) atoms. The van der Waals surface area contributed by atoms with Gasteiger partial charge in [0.15, 0.2) is 0 Å². The molecule has 3 rings (SSSR count). The molecule has 0 radical (unpaired) electrons. The lowest BCUT2D eigenvalue weighted by Crippen LogP contribution is -2.28. The van der Waals surface area contributed by atoms with E-state index in [2.05, 4.69) is 16.0 Å². The molecule has 1 unspecified atom stereocenters. The van der Waals surface area contributed by atoms with E-state index in [4.69, 9.17) is 0 Å². The zero-order valence-corrected chi connectivity index (χ0v) is 18.1. The van der Waals surface area contributed by atoms with Crippen LogP contribution in [0.15, 0.2) is 48.5 Å². The van der Waals surface area contributed by atoms with Gasteiger partial charge in [-0.05, 0) is 62.1 Å². The first kappa shape index (κ1) is 21.9. The highest BCUT2D eigenvalue weighted by atomic mass is 32.2. The van der Waals surface area contributed by atoms with E-state index in [1.54, 1.807) is 0 Å². The SMILES string of the molecule is Cc1cccc(NC(=O)CSCC(=O)NC(C)c2ccc(NC(=O)C3CC3)cc2)c1. The molecular weight excluding hydrogens is 398 g/mol. The van der Waals surface area contributed by atoms with Gasteiger partial charge < -0.3 is 16.0 Å². The van der Waals surface area contributed by atoms with Gasteiger partial charge in [0.25, 0.3) is 0 Å². The number of hydrogen-bond donors (Lipinski definition) is 3. The predicted octanol–water partition coefficient (Wildman–Crippen LogP) is 3.89. The summed E-state index contributed by atoms with van der Waals surface area (Å²) < 4.78 is 0. The average Bonchev–Trinajstić information content (AvgIpc) is 3.54. The molecule has 1 aliphatic carbocycles. The number of rotatable bonds is 9. The summed E-state index contributed by atoms with van der Waals surface area (Å²) in [5.74, 6) is 0.413. The standard InChI is InChI=1S/C23H27N3O3S/c1-15-4-3-5-20(12-15)25-22(28)14-30-13-21(27)24-16(2)17-8-10-19(11-9-17)26-23(29)18-6-7-18/h3-5,8-12,16,18H,6-7,13-14H2,1-2H3,(H,24,27)(H,25,28)(H,26,29). The Morgan fingerprint density at radius 1 is 0.967 bits per heavy atom. The molecule has 1 aliphatic rings. The summed E-state index contributed by atoms with van der Waals surface area (Å²) in [5.41, 5.74) is 3.56. The third-order valence-corrected chi connectivity index (χ3v) is 5.70. The van der Waals surface area contributed by atoms with Gasteiger partial charge in [-0.1, -0.05) is 24.3 Å². The molecule has 0 saturated heterocycles. The number of benzene rings is 2. The minimum atomic E-state index is -0.160. The van der Waals surface area contributed by atoms with Crippen molar-refractivity contribution >= 4 is 40.9 Å². The van der Waals surface area contributed by atoms with Crippen molar-refractivity contribution in [2.75, 3.05) is 22.1 Å². The van der Waals surface area contributed by atoms with Crippen LogP contribution in [-0.4, -0.2) is 29.2 Å². The van der Waals surface area contributed by atoms with Gasteiger partial charge in [-0.2, -0.15) is 0 Å². The van der Waals surface area contributed by atoms with Crippen LogP contribution < -0.4 is 16.0 Å². The molecule has 0 spiro atoms. The van der Waals surface area contributed by atoms with Crippen molar-refractivity contribution in [2.24, 2.45) is 5.92 Å². The van der Waals surface area contributed by atoms with Crippen molar-refractivity contribution < 1.29 is 14.4 Å². The van der Waals surface area contributed by atoms with Gasteiger partial charge in [0.05, 0.1) is 17.5 Å². The molecule has 7 heteroatoms. The highest BCUT2D eigenvalue weighted by molar-refractivity contribution is 8.00. The fraction of sp³-hybridized carbons (Fsp3) is 0.348. The van der Waals surface area contributed by atoms with Crippen molar-refractivity contribution in [3.63, 3.8) is 0 Å². The Kier molecular flexibility index (Phi) is 7.52. The van der Waals surface area contributed by atoms with Gasteiger partial charge in [-0.15, -0.1) is 11.8 Å². The van der Waals surface area contributed by atoms with Gasteiger partial charge in [0.2, 0.25) is 17.7 Å². The Bertz CT molecular complexity index is 910. The summed E-state index contributed by atoms with van der Waals surface area (Å²) in [6.45, 7) is 3.87. The second kappa shape index (κ2) is 10.3. The summed E-state index contributed by atoms with van der Waals surface area (Å²) in [5, 5.41) is 8.67. The van der Waals surface area contributed by atoms with Crippen molar-refractivity contribution in [3.8, 4) is 0 Å². The van der Waals surface area contributed by atoms with Crippen molar-refractivity contribution in [3.05, 3.63) is 59.7 Å². The zero-order chi connectivity index (χ0) is 21.5. The lowest BCUT2D eigenvalue weighted by atomic mass is 10.1. The highest BCUT2D eigenvalue weighted by Crippen LogP contribution is 2.30. The summed E-state index contributed by atoms with van der Waals surface area (Å²) >= 11 is 1.28. The molecular formula is C23H27N3O3S. The maximum Gasteiger partial charge on any atom is 0.234 e. The molecule has 1 atom stereocenters. The van der Waals surface area contributed by atoms with Crippen molar-refractivity contribution in [2.45, 2.75) is 32.7 Å². The average molecular weight is 426 g/mol. The monoisotopic (exact) mass is 425 g/mol. The summed E-state index contributed by atoms with van der Waals surface area (Å²) in [4.78, 5) is 36.0. The minimum absolute atomic E-state index is 0.0764. The van der Waals surface area contributed by atoms with Crippen LogP contribution >= 0.6 is 11.8 Å². The van der Waals surface area contributed by atoms with Crippen LogP contribution in [0.1, 0.15) is 36.9 Å². The van der Waals surface area contributed by atoms with Crippen LogP contribution in [0, 0.1) is 12.8 Å². The Labute approximate surface area is 181 Å². The molecule has 6 nitrogen and oxygen atoms in total. The van der Waals surface area contributed by atoms with E-state index >= 15 is 0 Å². The summed E-state index contributed by atoms with van der Waals surface area (Å²) in [6.07, 6.45) is 1.94. The Hall–Kier alpha value is -2.80. The molecule has 3 N–H and O–H groups in total. The van der Waals surface area contributed by atoms with E-state index in [0.29, 0.717) is 0 Å². The van der Waals surface area contributed by atoms with Crippen LogP contribution in [0.5, 0.6) is 0 Å². The number of nitrogens with one attached hydrogen (secondary N) is 3. The van der Waals surface area contributed by atoms with Gasteiger partial charge in [-0.3, -0.25) is 14.4 Å². The van der Waals surface area contributed by atoms with E-state index < -0.39 is 0 Å². The third kappa shape index (κ3) is 6.91. The largest absolute Gasteiger partial charge is 0.349 e. The van der Waals surface area contributed by atoms with Gasteiger partial charge >= 0.3 is 0 Å². The molecule has 0 bridgehead atoms. The van der Waals surface area contributed by atoms with E-state index in [9.17, 15) is 14.4 Å². The lowest BCUT2D eigenvalue weighted by molar-refractivity contribution is -0.119. The number of carbonyl (C=O) groups is 3. The smallest absolute Gasteiger partial charge is 0.234 e. The maximum absolute atomic E-state index is 12.2. The summed E-state index contributed by atoms with van der Waals surface area (Å²) in [6, 6.07) is 14.9. The molecule has 2 aromatic carbocycles.